The molecule has 2 aromatic rings. The van der Waals surface area contributed by atoms with Crippen molar-refractivity contribution in [3.63, 3.8) is 0 Å². The lowest BCUT2D eigenvalue weighted by molar-refractivity contribution is -0.119. The van der Waals surface area contributed by atoms with Gasteiger partial charge in [0.2, 0.25) is 5.91 Å². The highest BCUT2D eigenvalue weighted by Gasteiger charge is 2.03. The van der Waals surface area contributed by atoms with Crippen LogP contribution in [0.4, 0.5) is 0 Å². The Labute approximate surface area is 89.5 Å². The quantitative estimate of drug-likeness (QED) is 0.834. The Morgan fingerprint density at radius 1 is 1.50 bits per heavy atom. The molecule has 0 aliphatic heterocycles. The Bertz CT molecular complexity index is 418. The minimum Gasteiger partial charge on any atom is -0.350 e. The first kappa shape index (κ1) is 9.64. The molecule has 0 radical (unpaired) electrons. The number of amides is 1. The summed E-state index contributed by atoms with van der Waals surface area (Å²) in [5, 5.41) is 4.82. The predicted octanol–water partition coefficient (Wildman–Crippen LogP) is 1.54. The molecular weight excluding hydrogens is 216 g/mol. The maximum atomic E-state index is 10.9. The molecule has 0 spiro atoms. The molecule has 74 valence electrons. The topological polar surface area (TPSA) is 55.1 Å². The van der Waals surface area contributed by atoms with Crippen molar-refractivity contribution in [1.82, 2.24) is 5.32 Å². The Morgan fingerprint density at radius 2 is 2.36 bits per heavy atom. The van der Waals surface area contributed by atoms with Crippen molar-refractivity contribution in [2.75, 3.05) is 6.54 Å². The van der Waals surface area contributed by atoms with Gasteiger partial charge >= 0.3 is 0 Å². The normalized spacial score (nSPS) is 10.6. The third kappa shape index (κ3) is 1.95. The van der Waals surface area contributed by atoms with Crippen LogP contribution in [0, 0.1) is 0 Å². The van der Waals surface area contributed by atoms with E-state index in [4.69, 9.17) is 5.73 Å². The summed E-state index contributed by atoms with van der Waals surface area (Å²) in [5.74, 6) is -0.109. The summed E-state index contributed by atoms with van der Waals surface area (Å²) in [6.45, 7) is 0.641. The number of carbonyl (C=O) groups is 1. The first-order chi connectivity index (χ1) is 6.79. The molecule has 2 aromatic heterocycles. The van der Waals surface area contributed by atoms with Crippen molar-refractivity contribution >= 4 is 38.0 Å². The largest absolute Gasteiger partial charge is 0.350 e. The lowest BCUT2D eigenvalue weighted by atomic mass is 10.4. The lowest BCUT2D eigenvalue weighted by Crippen LogP contribution is -2.29. The fourth-order valence-electron chi connectivity index (χ4n) is 1.16. The first-order valence-corrected chi connectivity index (χ1v) is 5.92. The standard InChI is InChI=1S/C9H10N2OS2/c10-4-9(12)11-5-6-3-8-7(14-6)1-2-13-8/h1-3H,4-5,10H2,(H,11,12). The van der Waals surface area contributed by atoms with E-state index in [1.54, 1.807) is 22.7 Å². The molecular formula is C9H10N2OS2. The van der Waals surface area contributed by atoms with Gasteiger partial charge in [-0.15, -0.1) is 22.7 Å². The van der Waals surface area contributed by atoms with Gasteiger partial charge in [-0.3, -0.25) is 4.79 Å². The van der Waals surface area contributed by atoms with Crippen LogP contribution in [0.2, 0.25) is 0 Å². The van der Waals surface area contributed by atoms with Gasteiger partial charge in [-0.05, 0) is 17.5 Å². The average molecular weight is 226 g/mol. The second-order valence-electron chi connectivity index (χ2n) is 2.84. The van der Waals surface area contributed by atoms with E-state index >= 15 is 0 Å². The smallest absolute Gasteiger partial charge is 0.234 e. The van der Waals surface area contributed by atoms with Crippen LogP contribution >= 0.6 is 22.7 Å². The van der Waals surface area contributed by atoms with Gasteiger partial charge in [0.15, 0.2) is 0 Å². The number of rotatable bonds is 3. The van der Waals surface area contributed by atoms with E-state index < -0.39 is 0 Å². The van der Waals surface area contributed by atoms with Gasteiger partial charge < -0.3 is 11.1 Å². The first-order valence-electron chi connectivity index (χ1n) is 4.22. The summed E-state index contributed by atoms with van der Waals surface area (Å²) >= 11 is 3.43. The van der Waals surface area contributed by atoms with Crippen molar-refractivity contribution in [3.05, 3.63) is 22.4 Å². The number of nitrogens with one attached hydrogen (secondary N) is 1. The van der Waals surface area contributed by atoms with Crippen LogP contribution in [-0.2, 0) is 11.3 Å². The fraction of sp³-hybridized carbons (Fsp3) is 0.222. The molecule has 0 atom stereocenters. The highest BCUT2D eigenvalue weighted by molar-refractivity contribution is 7.26. The van der Waals surface area contributed by atoms with Gasteiger partial charge in [0.25, 0.3) is 0 Å². The zero-order chi connectivity index (χ0) is 9.97. The third-order valence-corrected chi connectivity index (χ3v) is 3.93. The number of hydrogen-bond acceptors (Lipinski definition) is 4. The van der Waals surface area contributed by atoms with Gasteiger partial charge in [-0.25, -0.2) is 0 Å². The van der Waals surface area contributed by atoms with E-state index in [0.29, 0.717) is 6.54 Å². The van der Waals surface area contributed by atoms with E-state index in [1.165, 1.54) is 14.3 Å². The van der Waals surface area contributed by atoms with Crippen LogP contribution in [0.3, 0.4) is 0 Å². The minimum atomic E-state index is -0.109. The second kappa shape index (κ2) is 4.08. The van der Waals surface area contributed by atoms with E-state index in [2.05, 4.69) is 22.8 Å². The number of nitrogens with two attached hydrogens (primary N) is 1. The zero-order valence-corrected chi connectivity index (χ0v) is 9.08. The monoisotopic (exact) mass is 226 g/mol. The summed E-state index contributed by atoms with van der Waals surface area (Å²) < 4.78 is 2.57. The molecule has 3 nitrogen and oxygen atoms in total. The third-order valence-electron chi connectivity index (χ3n) is 1.84. The van der Waals surface area contributed by atoms with Crippen LogP contribution in [0.15, 0.2) is 17.5 Å². The van der Waals surface area contributed by atoms with E-state index in [-0.39, 0.29) is 12.5 Å². The van der Waals surface area contributed by atoms with E-state index in [1.807, 2.05) is 0 Å². The number of thiophene rings is 2. The lowest BCUT2D eigenvalue weighted by Gasteiger charge is -1.99. The molecule has 0 bridgehead atoms. The highest BCUT2D eigenvalue weighted by Crippen LogP contribution is 2.29. The molecule has 0 fully saturated rings. The molecule has 0 aliphatic rings. The highest BCUT2D eigenvalue weighted by atomic mass is 32.1. The Morgan fingerprint density at radius 3 is 3.07 bits per heavy atom. The van der Waals surface area contributed by atoms with Gasteiger partial charge in [0, 0.05) is 14.3 Å². The van der Waals surface area contributed by atoms with Crippen molar-refractivity contribution in [1.29, 1.82) is 0 Å². The molecule has 14 heavy (non-hydrogen) atoms. The summed E-state index contributed by atoms with van der Waals surface area (Å²) in [6.07, 6.45) is 0. The summed E-state index contributed by atoms with van der Waals surface area (Å²) in [4.78, 5) is 12.1. The van der Waals surface area contributed by atoms with Crippen LogP contribution < -0.4 is 11.1 Å². The molecule has 3 N–H and O–H groups in total. The molecule has 2 heterocycles. The zero-order valence-electron chi connectivity index (χ0n) is 7.45. The van der Waals surface area contributed by atoms with Crippen molar-refractivity contribution in [2.24, 2.45) is 5.73 Å². The SMILES string of the molecule is NCC(=O)NCc1cc2sccc2s1. The molecule has 5 heteroatoms. The van der Waals surface area contributed by atoms with Gasteiger partial charge in [-0.2, -0.15) is 0 Å². The maximum Gasteiger partial charge on any atom is 0.234 e. The van der Waals surface area contributed by atoms with Gasteiger partial charge in [-0.1, -0.05) is 0 Å². The second-order valence-corrected chi connectivity index (χ2v) is 4.96. The van der Waals surface area contributed by atoms with E-state index in [0.717, 1.165) is 0 Å². The number of fused-ring (bicyclic) bond motifs is 1. The van der Waals surface area contributed by atoms with Crippen molar-refractivity contribution in [2.45, 2.75) is 6.54 Å². The average Bonchev–Trinajstić information content (AvgIpc) is 2.73. The molecule has 0 unspecified atom stereocenters. The fourth-order valence-corrected chi connectivity index (χ4v) is 3.24. The Kier molecular flexibility index (Phi) is 2.81. The molecule has 2 rings (SSSR count). The van der Waals surface area contributed by atoms with Gasteiger partial charge in [0.1, 0.15) is 0 Å². The Hall–Kier alpha value is -0.910. The summed E-state index contributed by atoms with van der Waals surface area (Å²) in [5.41, 5.74) is 5.18. The molecule has 1 amide bonds. The van der Waals surface area contributed by atoms with Crippen LogP contribution in [0.1, 0.15) is 4.88 Å². The molecule has 0 saturated carbocycles. The summed E-state index contributed by atoms with van der Waals surface area (Å²) in [6, 6.07) is 4.21. The summed E-state index contributed by atoms with van der Waals surface area (Å²) in [7, 11) is 0. The maximum absolute atomic E-state index is 10.9. The number of carbonyl (C=O) groups excluding carboxylic acids is 1. The minimum absolute atomic E-state index is 0.0553. The predicted molar refractivity (Wildman–Crippen MR) is 60.6 cm³/mol. The van der Waals surface area contributed by atoms with Crippen LogP contribution in [0.5, 0.6) is 0 Å². The molecule has 0 saturated heterocycles. The Balaban J connectivity index is 2.05. The van der Waals surface area contributed by atoms with Crippen LogP contribution in [0.25, 0.3) is 9.40 Å². The van der Waals surface area contributed by atoms with Crippen LogP contribution in [-0.4, -0.2) is 12.5 Å². The van der Waals surface area contributed by atoms with E-state index in [9.17, 15) is 4.79 Å². The molecule has 0 aliphatic carbocycles. The van der Waals surface area contributed by atoms with Crippen molar-refractivity contribution < 1.29 is 4.79 Å². The van der Waals surface area contributed by atoms with Gasteiger partial charge in [0.05, 0.1) is 13.1 Å². The number of hydrogen-bond donors (Lipinski definition) is 2. The molecule has 0 aromatic carbocycles. The van der Waals surface area contributed by atoms with Crippen molar-refractivity contribution in [3.8, 4) is 0 Å².